The zero-order chi connectivity index (χ0) is 17.0. The number of methoxy groups -OCH3 is 2. The lowest BCUT2D eigenvalue weighted by Crippen LogP contribution is -2.33. The number of halogens is 2. The molecule has 1 unspecified atom stereocenters. The molecule has 7 heteroatoms. The van der Waals surface area contributed by atoms with Gasteiger partial charge in [0.25, 0.3) is 6.43 Å². The van der Waals surface area contributed by atoms with Crippen molar-refractivity contribution in [2.75, 3.05) is 26.6 Å². The first-order valence-corrected chi connectivity index (χ1v) is 6.92. The van der Waals surface area contributed by atoms with Gasteiger partial charge in [0.15, 0.2) is 0 Å². The predicted molar refractivity (Wildman–Crippen MR) is 83.3 cm³/mol. The molecule has 2 N–H and O–H groups in total. The van der Waals surface area contributed by atoms with Gasteiger partial charge >= 0.3 is 5.97 Å². The van der Waals surface area contributed by atoms with E-state index in [-0.39, 0.29) is 5.56 Å². The summed E-state index contributed by atoms with van der Waals surface area (Å²) in [6.45, 7) is 0. The van der Waals surface area contributed by atoms with Crippen LogP contribution in [0.5, 0.6) is 0 Å². The van der Waals surface area contributed by atoms with Gasteiger partial charge in [-0.25, -0.2) is 13.6 Å². The Morgan fingerprint density at radius 1 is 1.35 bits per heavy atom. The van der Waals surface area contributed by atoms with E-state index >= 15 is 0 Å². The summed E-state index contributed by atoms with van der Waals surface area (Å²) >= 11 is 0. The number of allylic oxidation sites excluding steroid dienone is 1. The lowest BCUT2D eigenvalue weighted by Gasteiger charge is -2.24. The molecule has 0 bridgehead atoms. The van der Waals surface area contributed by atoms with E-state index in [9.17, 15) is 13.6 Å². The van der Waals surface area contributed by atoms with Crippen molar-refractivity contribution in [3.8, 4) is 0 Å². The summed E-state index contributed by atoms with van der Waals surface area (Å²) in [6.07, 6.45) is 0.137. The Labute approximate surface area is 133 Å². The van der Waals surface area contributed by atoms with Gasteiger partial charge in [-0.1, -0.05) is 0 Å². The number of benzene rings is 1. The first-order valence-electron chi connectivity index (χ1n) is 6.92. The molecule has 1 aliphatic heterocycles. The summed E-state index contributed by atoms with van der Waals surface area (Å²) in [7, 11) is 4.43. The normalized spacial score (nSPS) is 17.0. The van der Waals surface area contributed by atoms with Crippen molar-refractivity contribution in [1.29, 1.82) is 0 Å². The minimum Gasteiger partial charge on any atom is -0.495 e. The third-order valence-electron chi connectivity index (χ3n) is 3.51. The molecule has 1 atom stereocenters. The van der Waals surface area contributed by atoms with Crippen LogP contribution in [0.15, 0.2) is 36.2 Å². The number of carbonyl (C=O) groups excluding carboxylic acids is 1. The van der Waals surface area contributed by atoms with Crippen LogP contribution in [-0.4, -0.2) is 39.7 Å². The molecule has 0 fully saturated rings. The Hall–Kier alpha value is -2.57. The number of alkyl halides is 2. The Morgan fingerprint density at radius 2 is 2.09 bits per heavy atom. The second-order valence-electron chi connectivity index (χ2n) is 4.82. The zero-order valence-electron chi connectivity index (χ0n) is 13.0. The fraction of sp³-hybridized carbons (Fsp3) is 0.312. The van der Waals surface area contributed by atoms with Crippen LogP contribution >= 0.6 is 0 Å². The van der Waals surface area contributed by atoms with Crippen LogP contribution in [0.1, 0.15) is 15.9 Å². The summed E-state index contributed by atoms with van der Waals surface area (Å²) in [6, 6.07) is 3.82. The molecule has 0 spiro atoms. The van der Waals surface area contributed by atoms with E-state index in [1.54, 1.807) is 25.2 Å². The Kier molecular flexibility index (Phi) is 5.20. The molecule has 0 amide bonds. The molecular formula is C16H18F2N2O3. The van der Waals surface area contributed by atoms with Gasteiger partial charge in [-0.3, -0.25) is 0 Å². The van der Waals surface area contributed by atoms with E-state index in [0.717, 1.165) is 5.69 Å². The lowest BCUT2D eigenvalue weighted by atomic mass is 9.94. The molecule has 1 aliphatic rings. The van der Waals surface area contributed by atoms with Crippen molar-refractivity contribution < 1.29 is 23.0 Å². The molecule has 0 aromatic heterocycles. The number of nitrogens with one attached hydrogen (secondary N) is 2. The van der Waals surface area contributed by atoms with Crippen molar-refractivity contribution in [3.63, 3.8) is 0 Å². The second kappa shape index (κ2) is 7.13. The molecule has 0 aliphatic carbocycles. The van der Waals surface area contributed by atoms with Crippen molar-refractivity contribution in [1.82, 2.24) is 5.32 Å². The van der Waals surface area contributed by atoms with Crippen molar-refractivity contribution in [3.05, 3.63) is 47.4 Å². The minimum absolute atomic E-state index is 0.274. The largest absolute Gasteiger partial charge is 0.495 e. The van der Waals surface area contributed by atoms with Crippen LogP contribution in [0.25, 0.3) is 5.57 Å². The van der Waals surface area contributed by atoms with Crippen LogP contribution in [0, 0.1) is 0 Å². The number of anilines is 1. The fourth-order valence-corrected chi connectivity index (χ4v) is 2.31. The lowest BCUT2D eigenvalue weighted by molar-refractivity contribution is 0.0600. The van der Waals surface area contributed by atoms with Gasteiger partial charge in [-0.15, -0.1) is 0 Å². The molecule has 5 nitrogen and oxygen atoms in total. The van der Waals surface area contributed by atoms with Gasteiger partial charge in [0.2, 0.25) is 0 Å². The van der Waals surface area contributed by atoms with E-state index in [1.807, 2.05) is 0 Å². The van der Waals surface area contributed by atoms with Gasteiger partial charge < -0.3 is 20.1 Å². The van der Waals surface area contributed by atoms with E-state index in [1.165, 1.54) is 26.5 Å². The highest BCUT2D eigenvalue weighted by atomic mass is 19.3. The first-order chi connectivity index (χ1) is 11.0. The summed E-state index contributed by atoms with van der Waals surface area (Å²) < 4.78 is 36.1. The van der Waals surface area contributed by atoms with Gasteiger partial charge in [-0.05, 0) is 24.3 Å². The average molecular weight is 324 g/mol. The van der Waals surface area contributed by atoms with Crippen LogP contribution < -0.4 is 10.6 Å². The van der Waals surface area contributed by atoms with Gasteiger partial charge in [0.05, 0.1) is 19.8 Å². The highest BCUT2D eigenvalue weighted by molar-refractivity contribution is 5.98. The van der Waals surface area contributed by atoms with Crippen LogP contribution in [0.3, 0.4) is 0 Å². The summed E-state index contributed by atoms with van der Waals surface area (Å²) in [4.78, 5) is 12.0. The highest BCUT2D eigenvalue weighted by Gasteiger charge is 2.26. The number of rotatable bonds is 5. The third kappa shape index (κ3) is 3.44. The fourth-order valence-electron chi connectivity index (χ4n) is 2.31. The summed E-state index contributed by atoms with van der Waals surface area (Å²) in [5, 5.41) is 5.52. The number of ether oxygens (including phenoxy) is 2. The predicted octanol–water partition coefficient (Wildman–Crippen LogP) is 2.62. The standard InChI is InChI=1S/C16H18F2N2O3/c1-19-9-4-5-10(16(21)23-3)11(6-9)12-7-13(15(17)18)20-8-14(12)22-2/h4-8,13,15,19-20H,1-3H3. The molecule has 1 heterocycles. The number of esters is 1. The van der Waals surface area contributed by atoms with Crippen molar-refractivity contribution >= 4 is 17.2 Å². The van der Waals surface area contributed by atoms with E-state index < -0.39 is 18.4 Å². The zero-order valence-corrected chi connectivity index (χ0v) is 13.0. The molecule has 2 rings (SSSR count). The van der Waals surface area contributed by atoms with E-state index in [2.05, 4.69) is 10.6 Å². The maximum absolute atomic E-state index is 13.0. The van der Waals surface area contributed by atoms with E-state index in [4.69, 9.17) is 9.47 Å². The highest BCUT2D eigenvalue weighted by Crippen LogP contribution is 2.32. The number of hydrogen-bond donors (Lipinski definition) is 2. The first kappa shape index (κ1) is 16.8. The van der Waals surface area contributed by atoms with Crippen LogP contribution in [0.2, 0.25) is 0 Å². The SMILES string of the molecule is CNc1ccc(C(=O)OC)c(C2=CC(C(F)F)NC=C2OC)c1. The Balaban J connectivity index is 2.60. The molecule has 0 saturated heterocycles. The number of dihydropyridines is 1. The maximum atomic E-state index is 13.0. The summed E-state index contributed by atoms with van der Waals surface area (Å²) in [5.41, 5.74) is 1.88. The smallest absolute Gasteiger partial charge is 0.338 e. The molecule has 124 valence electrons. The van der Waals surface area contributed by atoms with Crippen molar-refractivity contribution in [2.45, 2.75) is 12.5 Å². The summed E-state index contributed by atoms with van der Waals surface area (Å²) in [5.74, 6) is -0.188. The quantitative estimate of drug-likeness (QED) is 0.816. The van der Waals surface area contributed by atoms with Crippen LogP contribution in [-0.2, 0) is 9.47 Å². The average Bonchev–Trinajstić information content (AvgIpc) is 2.59. The Morgan fingerprint density at radius 3 is 2.65 bits per heavy atom. The second-order valence-corrected chi connectivity index (χ2v) is 4.82. The molecular weight excluding hydrogens is 306 g/mol. The molecule has 1 aromatic rings. The van der Waals surface area contributed by atoms with Crippen molar-refractivity contribution in [2.24, 2.45) is 0 Å². The van der Waals surface area contributed by atoms with Crippen LogP contribution in [0.4, 0.5) is 14.5 Å². The van der Waals surface area contributed by atoms with E-state index in [0.29, 0.717) is 16.9 Å². The molecule has 23 heavy (non-hydrogen) atoms. The maximum Gasteiger partial charge on any atom is 0.338 e. The monoisotopic (exact) mass is 324 g/mol. The van der Waals surface area contributed by atoms with Gasteiger partial charge in [-0.2, -0.15) is 0 Å². The number of carbonyl (C=O) groups is 1. The molecule has 0 radical (unpaired) electrons. The minimum atomic E-state index is -2.59. The van der Waals surface area contributed by atoms with Gasteiger partial charge in [0, 0.05) is 30.1 Å². The number of hydrogen-bond acceptors (Lipinski definition) is 5. The van der Waals surface area contributed by atoms with Gasteiger partial charge in [0.1, 0.15) is 11.8 Å². The Bertz CT molecular complexity index is 657. The molecule has 0 saturated carbocycles. The third-order valence-corrected chi connectivity index (χ3v) is 3.51. The topological polar surface area (TPSA) is 59.6 Å². The molecule has 1 aromatic carbocycles.